The molecule has 17 heavy (non-hydrogen) atoms. The molecule has 1 N–H and O–H groups in total. The summed E-state index contributed by atoms with van der Waals surface area (Å²) in [7, 11) is 1.99. The number of thioether (sulfide) groups is 1. The summed E-state index contributed by atoms with van der Waals surface area (Å²) >= 11 is 1.79. The molecule has 0 amide bonds. The van der Waals surface area contributed by atoms with Gasteiger partial charge in [0, 0.05) is 18.8 Å². The molecule has 1 aromatic rings. The van der Waals surface area contributed by atoms with E-state index in [1.807, 2.05) is 11.6 Å². The summed E-state index contributed by atoms with van der Waals surface area (Å²) in [6.45, 7) is 5.61. The zero-order chi connectivity index (χ0) is 12.5. The van der Waals surface area contributed by atoms with Crippen LogP contribution in [-0.4, -0.2) is 33.1 Å². The summed E-state index contributed by atoms with van der Waals surface area (Å²) in [5, 5.41) is 12.4. The van der Waals surface area contributed by atoms with E-state index in [-0.39, 0.29) is 0 Å². The third-order valence-electron chi connectivity index (χ3n) is 2.68. The number of nitrogens with one attached hydrogen (secondary N) is 1. The van der Waals surface area contributed by atoms with Gasteiger partial charge in [-0.3, -0.25) is 0 Å². The number of unbranched alkanes of at least 4 members (excludes halogenated alkanes) is 1. The van der Waals surface area contributed by atoms with Crippen molar-refractivity contribution in [3.05, 3.63) is 6.33 Å². The highest BCUT2D eigenvalue weighted by molar-refractivity contribution is 7.99. The number of rotatable bonds is 9. The maximum absolute atomic E-state index is 4.05. The van der Waals surface area contributed by atoms with Gasteiger partial charge >= 0.3 is 0 Å². The Morgan fingerprint density at radius 2 is 2.29 bits per heavy atom. The second kappa shape index (κ2) is 8.53. The standard InChI is InChI=1S/C12H24N4S/c1-4-8-13-11(2)7-5-6-9-17-12-15-14-10-16(12)3/h10-11,13H,4-9H2,1-3H3. The van der Waals surface area contributed by atoms with Crippen LogP contribution in [0.2, 0.25) is 0 Å². The van der Waals surface area contributed by atoms with E-state index < -0.39 is 0 Å². The summed E-state index contributed by atoms with van der Waals surface area (Å²) in [6, 6.07) is 0.648. The summed E-state index contributed by atoms with van der Waals surface area (Å²) in [6.07, 6.45) is 6.75. The predicted octanol–water partition coefficient (Wildman–Crippen LogP) is 2.47. The highest BCUT2D eigenvalue weighted by Crippen LogP contribution is 2.16. The van der Waals surface area contributed by atoms with Crippen molar-refractivity contribution in [2.45, 2.75) is 50.7 Å². The van der Waals surface area contributed by atoms with E-state index in [0.717, 1.165) is 17.5 Å². The van der Waals surface area contributed by atoms with Crippen LogP contribution in [0.3, 0.4) is 0 Å². The van der Waals surface area contributed by atoms with Crippen molar-refractivity contribution in [3.8, 4) is 0 Å². The van der Waals surface area contributed by atoms with Crippen molar-refractivity contribution in [1.29, 1.82) is 0 Å². The average molecular weight is 256 g/mol. The first kappa shape index (κ1) is 14.5. The third-order valence-corrected chi connectivity index (χ3v) is 3.80. The molecule has 0 aromatic carbocycles. The fourth-order valence-corrected chi connectivity index (χ4v) is 2.50. The Labute approximate surface area is 109 Å². The van der Waals surface area contributed by atoms with Gasteiger partial charge in [0.2, 0.25) is 0 Å². The lowest BCUT2D eigenvalue weighted by atomic mass is 10.1. The van der Waals surface area contributed by atoms with Crippen LogP contribution in [-0.2, 0) is 7.05 Å². The van der Waals surface area contributed by atoms with E-state index >= 15 is 0 Å². The molecule has 1 atom stereocenters. The van der Waals surface area contributed by atoms with Gasteiger partial charge in [0.1, 0.15) is 6.33 Å². The van der Waals surface area contributed by atoms with Crippen LogP contribution in [0.25, 0.3) is 0 Å². The van der Waals surface area contributed by atoms with E-state index in [1.54, 1.807) is 18.1 Å². The van der Waals surface area contributed by atoms with Crippen molar-refractivity contribution in [2.24, 2.45) is 7.05 Å². The van der Waals surface area contributed by atoms with Crippen molar-refractivity contribution < 1.29 is 0 Å². The van der Waals surface area contributed by atoms with E-state index in [1.165, 1.54) is 25.7 Å². The van der Waals surface area contributed by atoms with Gasteiger partial charge in [0.15, 0.2) is 5.16 Å². The lowest BCUT2D eigenvalue weighted by molar-refractivity contribution is 0.496. The van der Waals surface area contributed by atoms with Crippen LogP contribution in [0.15, 0.2) is 11.5 Å². The Morgan fingerprint density at radius 3 is 2.94 bits per heavy atom. The predicted molar refractivity (Wildman–Crippen MR) is 73.3 cm³/mol. The molecule has 0 bridgehead atoms. The van der Waals surface area contributed by atoms with Crippen LogP contribution in [0.1, 0.15) is 39.5 Å². The normalized spacial score (nSPS) is 12.9. The highest BCUT2D eigenvalue weighted by atomic mass is 32.2. The molecule has 1 rings (SSSR count). The van der Waals surface area contributed by atoms with Crippen molar-refractivity contribution >= 4 is 11.8 Å². The highest BCUT2D eigenvalue weighted by Gasteiger charge is 2.02. The zero-order valence-corrected chi connectivity index (χ0v) is 12.0. The first-order valence-electron chi connectivity index (χ1n) is 6.44. The third kappa shape index (κ3) is 6.07. The molecule has 1 unspecified atom stereocenters. The van der Waals surface area contributed by atoms with Gasteiger partial charge in [-0.2, -0.15) is 0 Å². The van der Waals surface area contributed by atoms with E-state index in [0.29, 0.717) is 6.04 Å². The quantitative estimate of drug-likeness (QED) is 0.544. The molecule has 0 saturated heterocycles. The van der Waals surface area contributed by atoms with Gasteiger partial charge in [-0.05, 0) is 32.7 Å². The molecule has 1 heterocycles. The second-order valence-corrected chi connectivity index (χ2v) is 5.49. The second-order valence-electron chi connectivity index (χ2n) is 4.42. The number of nitrogens with zero attached hydrogens (tertiary/aromatic N) is 3. The van der Waals surface area contributed by atoms with E-state index in [2.05, 4.69) is 29.4 Å². The van der Waals surface area contributed by atoms with Crippen molar-refractivity contribution in [2.75, 3.05) is 12.3 Å². The molecular formula is C12H24N4S. The summed E-state index contributed by atoms with van der Waals surface area (Å²) in [5.41, 5.74) is 0. The monoisotopic (exact) mass is 256 g/mol. The smallest absolute Gasteiger partial charge is 0.190 e. The molecule has 1 aromatic heterocycles. The average Bonchev–Trinajstić information content (AvgIpc) is 2.72. The Bertz CT molecular complexity index is 300. The Hall–Kier alpha value is -0.550. The van der Waals surface area contributed by atoms with E-state index in [9.17, 15) is 0 Å². The van der Waals surface area contributed by atoms with Crippen LogP contribution in [0, 0.1) is 0 Å². The van der Waals surface area contributed by atoms with Crippen LogP contribution in [0.4, 0.5) is 0 Å². The van der Waals surface area contributed by atoms with Crippen molar-refractivity contribution in [3.63, 3.8) is 0 Å². The Balaban J connectivity index is 1.99. The minimum atomic E-state index is 0.648. The summed E-state index contributed by atoms with van der Waals surface area (Å²) in [5.74, 6) is 1.13. The van der Waals surface area contributed by atoms with Gasteiger partial charge in [-0.25, -0.2) is 0 Å². The lowest BCUT2D eigenvalue weighted by Crippen LogP contribution is -2.26. The Morgan fingerprint density at radius 1 is 1.47 bits per heavy atom. The summed E-state index contributed by atoms with van der Waals surface area (Å²) in [4.78, 5) is 0. The molecule has 0 radical (unpaired) electrons. The van der Waals surface area contributed by atoms with Crippen LogP contribution >= 0.6 is 11.8 Å². The molecule has 0 aliphatic rings. The van der Waals surface area contributed by atoms with Crippen molar-refractivity contribution in [1.82, 2.24) is 20.1 Å². The van der Waals surface area contributed by atoms with Gasteiger partial charge in [-0.1, -0.05) is 25.1 Å². The van der Waals surface area contributed by atoms with Crippen LogP contribution in [0.5, 0.6) is 0 Å². The molecule has 0 aliphatic carbocycles. The SMILES string of the molecule is CCCNC(C)CCCCSc1nncn1C. The minimum Gasteiger partial charge on any atom is -0.314 e. The van der Waals surface area contributed by atoms with Gasteiger partial charge in [0.25, 0.3) is 0 Å². The van der Waals surface area contributed by atoms with Gasteiger partial charge in [-0.15, -0.1) is 10.2 Å². The topological polar surface area (TPSA) is 42.7 Å². The molecule has 5 heteroatoms. The Kier molecular flexibility index (Phi) is 7.28. The fraction of sp³-hybridized carbons (Fsp3) is 0.833. The van der Waals surface area contributed by atoms with Crippen LogP contribution < -0.4 is 5.32 Å². The molecule has 0 saturated carbocycles. The molecule has 0 fully saturated rings. The molecule has 4 nitrogen and oxygen atoms in total. The zero-order valence-electron chi connectivity index (χ0n) is 11.1. The fourth-order valence-electron chi connectivity index (χ4n) is 1.61. The first-order chi connectivity index (χ1) is 8.24. The molecule has 0 aliphatic heterocycles. The first-order valence-corrected chi connectivity index (χ1v) is 7.42. The van der Waals surface area contributed by atoms with E-state index in [4.69, 9.17) is 0 Å². The number of hydrogen-bond acceptors (Lipinski definition) is 4. The maximum Gasteiger partial charge on any atom is 0.190 e. The number of aromatic nitrogens is 3. The maximum atomic E-state index is 4.05. The number of aryl methyl sites for hydroxylation is 1. The molecule has 0 spiro atoms. The lowest BCUT2D eigenvalue weighted by Gasteiger charge is -2.12. The molecule has 98 valence electrons. The largest absolute Gasteiger partial charge is 0.314 e. The number of hydrogen-bond donors (Lipinski definition) is 1. The molecular weight excluding hydrogens is 232 g/mol. The summed E-state index contributed by atoms with van der Waals surface area (Å²) < 4.78 is 1.97. The van der Waals surface area contributed by atoms with Gasteiger partial charge < -0.3 is 9.88 Å². The minimum absolute atomic E-state index is 0.648. The van der Waals surface area contributed by atoms with Gasteiger partial charge in [0.05, 0.1) is 0 Å².